The maximum atomic E-state index is 12.4. The third kappa shape index (κ3) is 7.26. The fraction of sp³-hybridized carbons (Fsp3) is 0.519. The van der Waals surface area contributed by atoms with Crippen molar-refractivity contribution in [1.82, 2.24) is 14.9 Å². The van der Waals surface area contributed by atoms with Gasteiger partial charge in [-0.3, -0.25) is 20.5 Å². The second kappa shape index (κ2) is 11.9. The van der Waals surface area contributed by atoms with Crippen LogP contribution in [0, 0.1) is 5.41 Å². The van der Waals surface area contributed by atoms with E-state index in [-0.39, 0.29) is 24.5 Å². The van der Waals surface area contributed by atoms with Crippen molar-refractivity contribution in [2.45, 2.75) is 58.3 Å². The van der Waals surface area contributed by atoms with Crippen LogP contribution in [0.4, 0.5) is 16.3 Å². The van der Waals surface area contributed by atoms with E-state index in [9.17, 15) is 14.7 Å². The zero-order valence-electron chi connectivity index (χ0n) is 22.3. The number of hydrogen-bond acceptors (Lipinski definition) is 8. The van der Waals surface area contributed by atoms with Gasteiger partial charge in [0.15, 0.2) is 11.9 Å². The molecule has 2 aliphatic rings. The number of ether oxygens (including phenoxy) is 2. The summed E-state index contributed by atoms with van der Waals surface area (Å²) < 4.78 is 11.3. The smallest absolute Gasteiger partial charge is 0.410 e. The number of nitrogens with two attached hydrogens (primary N) is 1. The molecule has 1 atom stereocenters. The molecule has 1 amide bonds. The molecule has 0 radical (unpaired) electrons. The van der Waals surface area contributed by atoms with E-state index in [4.69, 9.17) is 19.9 Å². The number of carbonyl (C=O) groups is 2. The van der Waals surface area contributed by atoms with Crippen molar-refractivity contribution in [3.05, 3.63) is 47.4 Å². The molecule has 204 valence electrons. The molecule has 0 saturated carbocycles. The van der Waals surface area contributed by atoms with Crippen LogP contribution in [0.15, 0.2) is 30.5 Å². The first-order chi connectivity index (χ1) is 18.1. The van der Waals surface area contributed by atoms with E-state index < -0.39 is 11.6 Å². The summed E-state index contributed by atoms with van der Waals surface area (Å²) in [5.41, 5.74) is 1.81. The number of carbonyl (C=O) groups excluding carboxylic acids is 1. The van der Waals surface area contributed by atoms with Gasteiger partial charge in [0.1, 0.15) is 11.4 Å². The van der Waals surface area contributed by atoms with Gasteiger partial charge < -0.3 is 24.4 Å². The lowest BCUT2D eigenvalue weighted by Gasteiger charge is -2.36. The Hall–Kier alpha value is -3.57. The average Bonchev–Trinajstić information content (AvgIpc) is 2.88. The molecule has 0 spiro atoms. The summed E-state index contributed by atoms with van der Waals surface area (Å²) in [7, 11) is 0. The van der Waals surface area contributed by atoms with Gasteiger partial charge in [-0.2, -0.15) is 0 Å². The number of quaternary nitrogens is 1. The van der Waals surface area contributed by atoms with Crippen LogP contribution >= 0.6 is 0 Å². The van der Waals surface area contributed by atoms with Gasteiger partial charge in [-0.05, 0) is 51.8 Å². The van der Waals surface area contributed by atoms with Crippen LogP contribution in [0.25, 0.3) is 0 Å². The normalized spacial score (nSPS) is 18.2. The summed E-state index contributed by atoms with van der Waals surface area (Å²) in [6.45, 7) is 8.48. The molecule has 2 saturated heterocycles. The number of amides is 1. The predicted octanol–water partition coefficient (Wildman–Crippen LogP) is 2.30. The molecule has 2 aromatic rings. The van der Waals surface area contributed by atoms with Gasteiger partial charge in [-0.1, -0.05) is 6.07 Å². The van der Waals surface area contributed by atoms with Crippen molar-refractivity contribution in [2.24, 2.45) is 0 Å². The molecule has 0 aromatic carbocycles. The van der Waals surface area contributed by atoms with E-state index in [0.717, 1.165) is 30.8 Å². The van der Waals surface area contributed by atoms with Crippen LogP contribution in [-0.4, -0.2) is 82.4 Å². The van der Waals surface area contributed by atoms with Gasteiger partial charge in [-0.15, -0.1) is 0 Å². The Morgan fingerprint density at radius 1 is 1.21 bits per heavy atom. The lowest BCUT2D eigenvalue weighted by Crippen LogP contribution is -2.86. The van der Waals surface area contributed by atoms with Crippen LogP contribution in [0.5, 0.6) is 0 Å². The minimum absolute atomic E-state index is 0.0667. The van der Waals surface area contributed by atoms with Crippen LogP contribution in [-0.2, 0) is 20.7 Å². The highest BCUT2D eigenvalue weighted by Crippen LogP contribution is 2.21. The van der Waals surface area contributed by atoms with Crippen molar-refractivity contribution in [3.8, 4) is 0 Å². The molecule has 4 rings (SSSR count). The number of nitrogens with one attached hydrogen (secondary N) is 1. The van der Waals surface area contributed by atoms with E-state index in [1.807, 2.05) is 38.2 Å². The van der Waals surface area contributed by atoms with Gasteiger partial charge in [0.2, 0.25) is 0 Å². The van der Waals surface area contributed by atoms with E-state index >= 15 is 0 Å². The molecule has 2 aliphatic heterocycles. The van der Waals surface area contributed by atoms with Gasteiger partial charge in [0.25, 0.3) is 0 Å². The van der Waals surface area contributed by atoms with Crippen molar-refractivity contribution >= 4 is 29.3 Å². The highest BCUT2D eigenvalue weighted by Gasteiger charge is 2.27. The van der Waals surface area contributed by atoms with Crippen LogP contribution < -0.4 is 10.2 Å². The monoisotopic (exact) mass is 525 g/mol. The number of anilines is 1. The van der Waals surface area contributed by atoms with Crippen LogP contribution in [0.1, 0.15) is 57.0 Å². The zero-order valence-corrected chi connectivity index (χ0v) is 22.3. The summed E-state index contributed by atoms with van der Waals surface area (Å²) in [5.74, 6) is -0.259. The van der Waals surface area contributed by atoms with E-state index in [1.54, 1.807) is 23.2 Å². The van der Waals surface area contributed by atoms with Crippen LogP contribution in [0.3, 0.4) is 0 Å². The fourth-order valence-corrected chi connectivity index (χ4v) is 4.53. The highest BCUT2D eigenvalue weighted by molar-refractivity contribution is 6.12. The minimum Gasteiger partial charge on any atom is -0.481 e. The topological polar surface area (TPSA) is 146 Å². The number of pyridine rings is 2. The van der Waals surface area contributed by atoms with Crippen molar-refractivity contribution in [1.29, 1.82) is 5.41 Å². The summed E-state index contributed by atoms with van der Waals surface area (Å²) >= 11 is 0. The molecule has 11 nitrogen and oxygen atoms in total. The van der Waals surface area contributed by atoms with Gasteiger partial charge in [-0.25, -0.2) is 9.78 Å². The molecule has 2 fully saturated rings. The van der Waals surface area contributed by atoms with E-state index in [0.29, 0.717) is 49.7 Å². The first-order valence-corrected chi connectivity index (χ1v) is 13.1. The largest absolute Gasteiger partial charge is 0.481 e. The first-order valence-electron chi connectivity index (χ1n) is 13.1. The lowest BCUT2D eigenvalue weighted by atomic mass is 10.0. The molecule has 1 unspecified atom stereocenters. The summed E-state index contributed by atoms with van der Waals surface area (Å²) in [5, 5.41) is 20.2. The van der Waals surface area contributed by atoms with Gasteiger partial charge in [0.05, 0.1) is 41.9 Å². The molecule has 2 aromatic heterocycles. The van der Waals surface area contributed by atoms with Gasteiger partial charge >= 0.3 is 12.1 Å². The molecule has 4 heterocycles. The Morgan fingerprint density at radius 3 is 2.63 bits per heavy atom. The Kier molecular flexibility index (Phi) is 8.58. The maximum Gasteiger partial charge on any atom is 0.410 e. The SMILES string of the molecule is CC(C)(C)OC(=O)N1CCN(c2cccc(C(=N)c3cc(CC(=O)O)ncc3[NH2+]C3CCCCO3)n2)CC1. The number of piperazine rings is 1. The Bertz CT molecular complexity index is 1170. The van der Waals surface area contributed by atoms with Crippen molar-refractivity contribution in [3.63, 3.8) is 0 Å². The van der Waals surface area contributed by atoms with E-state index in [1.165, 1.54) is 0 Å². The molecule has 0 bridgehead atoms. The Morgan fingerprint density at radius 2 is 1.97 bits per heavy atom. The molecule has 0 aliphatic carbocycles. The maximum absolute atomic E-state index is 12.4. The summed E-state index contributed by atoms with van der Waals surface area (Å²) in [6.07, 6.45) is 4.02. The van der Waals surface area contributed by atoms with Crippen LogP contribution in [0.2, 0.25) is 0 Å². The number of aromatic nitrogens is 2. The van der Waals surface area contributed by atoms with Crippen molar-refractivity contribution < 1.29 is 29.5 Å². The Labute approximate surface area is 222 Å². The number of carboxylic acid groups (broad SMARTS) is 1. The standard InChI is InChI=1S/C27H36N6O5/c1-27(2,3)38-26(36)33-12-10-32(11-13-33)22-8-6-7-20(30-22)25(28)19-15-18(16-24(34)35)29-17-21(19)31-23-9-4-5-14-37-23/h6-8,15,17,23,28,31H,4-5,9-14,16H2,1-3H3,(H,34,35)/p+1. The quantitative estimate of drug-likeness (QED) is 0.467. The Balaban J connectivity index is 1.51. The minimum atomic E-state index is -0.979. The fourth-order valence-electron chi connectivity index (χ4n) is 4.53. The number of aliphatic carboxylic acids is 1. The molecule has 38 heavy (non-hydrogen) atoms. The predicted molar refractivity (Wildman–Crippen MR) is 141 cm³/mol. The second-order valence-corrected chi connectivity index (χ2v) is 10.6. The summed E-state index contributed by atoms with van der Waals surface area (Å²) in [4.78, 5) is 36.6. The highest BCUT2D eigenvalue weighted by atomic mass is 16.6. The van der Waals surface area contributed by atoms with Crippen molar-refractivity contribution in [2.75, 3.05) is 37.7 Å². The summed E-state index contributed by atoms with van der Waals surface area (Å²) in [6, 6.07) is 7.20. The first kappa shape index (κ1) is 27.5. The number of hydrogen-bond donors (Lipinski definition) is 3. The van der Waals surface area contributed by atoms with Gasteiger partial charge in [0, 0.05) is 32.6 Å². The number of carboxylic acids is 1. The third-order valence-corrected chi connectivity index (χ3v) is 6.42. The molecular formula is C27H37N6O5+. The third-order valence-electron chi connectivity index (χ3n) is 6.42. The molecular weight excluding hydrogens is 488 g/mol. The molecule has 4 N–H and O–H groups in total. The van der Waals surface area contributed by atoms with E-state index in [2.05, 4.69) is 9.88 Å². The zero-order chi connectivity index (χ0) is 27.3. The second-order valence-electron chi connectivity index (χ2n) is 10.6. The average molecular weight is 526 g/mol. The number of rotatable bonds is 7. The molecule has 11 heteroatoms. The lowest BCUT2D eigenvalue weighted by molar-refractivity contribution is -0.660. The number of nitrogens with zero attached hydrogens (tertiary/aromatic N) is 4.